The lowest BCUT2D eigenvalue weighted by molar-refractivity contribution is -0.137. The number of imide groups is 1. The van der Waals surface area contributed by atoms with Crippen molar-refractivity contribution < 1.29 is 9.59 Å². The number of carbonyl (C=O) groups excluding carboxylic acids is 2. The molecule has 1 N–H and O–H groups in total. The number of hydrogen-bond acceptors (Lipinski definition) is 3. The van der Waals surface area contributed by atoms with E-state index in [4.69, 9.17) is 0 Å². The van der Waals surface area contributed by atoms with Gasteiger partial charge in [-0.3, -0.25) is 14.9 Å². The number of piperidine rings is 1. The highest BCUT2D eigenvalue weighted by Gasteiger charge is 2.36. The van der Waals surface area contributed by atoms with Crippen LogP contribution in [0, 0.1) is 11.8 Å². The van der Waals surface area contributed by atoms with Crippen molar-refractivity contribution in [3.63, 3.8) is 0 Å². The zero-order chi connectivity index (χ0) is 14.7. The van der Waals surface area contributed by atoms with Crippen LogP contribution < -0.4 is 5.32 Å². The van der Waals surface area contributed by atoms with Gasteiger partial charge in [0.25, 0.3) is 0 Å². The van der Waals surface area contributed by atoms with Crippen LogP contribution in [0.15, 0.2) is 29.2 Å². The molecule has 20 heavy (non-hydrogen) atoms. The number of nitrogens with one attached hydrogen (secondary N) is 1. The Morgan fingerprint density at radius 2 is 1.90 bits per heavy atom. The van der Waals surface area contributed by atoms with Gasteiger partial charge in [0.1, 0.15) is 0 Å². The van der Waals surface area contributed by atoms with E-state index in [1.807, 2.05) is 6.26 Å². The monoisotopic (exact) mass is 291 g/mol. The fourth-order valence-electron chi connectivity index (χ4n) is 2.79. The van der Waals surface area contributed by atoms with Crippen molar-refractivity contribution in [2.75, 3.05) is 6.26 Å². The Morgan fingerprint density at radius 3 is 2.45 bits per heavy atom. The van der Waals surface area contributed by atoms with Crippen LogP contribution in [0.3, 0.4) is 0 Å². The van der Waals surface area contributed by atoms with E-state index in [9.17, 15) is 9.59 Å². The summed E-state index contributed by atoms with van der Waals surface area (Å²) < 4.78 is 0. The molecule has 1 aliphatic heterocycles. The number of thioether (sulfide) groups is 1. The molecule has 2 rings (SSSR count). The standard InChI is InChI=1S/C16H21NO2S/c1-10(2)8-14-13(9-15(18)17-16(14)19)11-4-6-12(20-3)7-5-11/h4-7,10,13-14H,8-9H2,1-3H3,(H,17,18,19). The predicted molar refractivity (Wildman–Crippen MR) is 81.7 cm³/mol. The zero-order valence-electron chi connectivity index (χ0n) is 12.2. The van der Waals surface area contributed by atoms with Gasteiger partial charge in [0.2, 0.25) is 11.8 Å². The number of amides is 2. The van der Waals surface area contributed by atoms with E-state index in [-0.39, 0.29) is 23.7 Å². The maximum atomic E-state index is 12.1. The maximum Gasteiger partial charge on any atom is 0.230 e. The molecule has 2 unspecified atom stereocenters. The molecule has 2 amide bonds. The lowest BCUT2D eigenvalue weighted by Crippen LogP contribution is -2.45. The van der Waals surface area contributed by atoms with Gasteiger partial charge in [-0.25, -0.2) is 0 Å². The van der Waals surface area contributed by atoms with Crippen molar-refractivity contribution in [1.82, 2.24) is 5.32 Å². The zero-order valence-corrected chi connectivity index (χ0v) is 13.0. The van der Waals surface area contributed by atoms with Crippen molar-refractivity contribution in [2.45, 2.75) is 37.5 Å². The van der Waals surface area contributed by atoms with E-state index < -0.39 is 0 Å². The third kappa shape index (κ3) is 3.42. The van der Waals surface area contributed by atoms with Crippen molar-refractivity contribution in [3.05, 3.63) is 29.8 Å². The van der Waals surface area contributed by atoms with Crippen LogP contribution in [0.4, 0.5) is 0 Å². The lowest BCUT2D eigenvalue weighted by Gasteiger charge is -2.31. The normalized spacial score (nSPS) is 23.0. The first-order valence-corrected chi connectivity index (χ1v) is 8.21. The molecule has 2 atom stereocenters. The molecule has 1 fully saturated rings. The van der Waals surface area contributed by atoms with Crippen LogP contribution in [0.5, 0.6) is 0 Å². The van der Waals surface area contributed by atoms with E-state index in [0.717, 1.165) is 12.0 Å². The van der Waals surface area contributed by atoms with Gasteiger partial charge in [0, 0.05) is 23.2 Å². The summed E-state index contributed by atoms with van der Waals surface area (Å²) >= 11 is 1.69. The minimum atomic E-state index is -0.158. The third-order valence-corrected chi connectivity index (χ3v) is 4.50. The summed E-state index contributed by atoms with van der Waals surface area (Å²) in [7, 11) is 0. The van der Waals surface area contributed by atoms with Crippen molar-refractivity contribution >= 4 is 23.6 Å². The molecule has 0 radical (unpaired) electrons. The van der Waals surface area contributed by atoms with Gasteiger partial charge < -0.3 is 0 Å². The summed E-state index contributed by atoms with van der Waals surface area (Å²) in [5, 5.41) is 2.48. The second-order valence-electron chi connectivity index (χ2n) is 5.73. The van der Waals surface area contributed by atoms with Gasteiger partial charge in [-0.05, 0) is 36.3 Å². The van der Waals surface area contributed by atoms with Crippen LogP contribution >= 0.6 is 11.8 Å². The van der Waals surface area contributed by atoms with E-state index in [0.29, 0.717) is 12.3 Å². The highest BCUT2D eigenvalue weighted by molar-refractivity contribution is 7.98. The van der Waals surface area contributed by atoms with Gasteiger partial charge >= 0.3 is 0 Å². The van der Waals surface area contributed by atoms with Crippen LogP contribution in [-0.2, 0) is 9.59 Å². The third-order valence-electron chi connectivity index (χ3n) is 3.76. The average molecular weight is 291 g/mol. The average Bonchev–Trinajstić information content (AvgIpc) is 2.41. The molecule has 1 saturated heterocycles. The van der Waals surface area contributed by atoms with Crippen LogP contribution in [0.1, 0.15) is 38.2 Å². The quantitative estimate of drug-likeness (QED) is 0.684. The molecule has 108 valence electrons. The summed E-state index contributed by atoms with van der Waals surface area (Å²) in [4.78, 5) is 25.0. The highest BCUT2D eigenvalue weighted by Crippen LogP contribution is 2.35. The number of hydrogen-bond donors (Lipinski definition) is 1. The summed E-state index contributed by atoms with van der Waals surface area (Å²) in [6.07, 6.45) is 3.25. The number of benzene rings is 1. The molecule has 0 bridgehead atoms. The molecule has 3 nitrogen and oxygen atoms in total. The van der Waals surface area contributed by atoms with Gasteiger partial charge in [0.15, 0.2) is 0 Å². The fraction of sp³-hybridized carbons (Fsp3) is 0.500. The lowest BCUT2D eigenvalue weighted by atomic mass is 9.76. The molecular formula is C16H21NO2S. The number of rotatable bonds is 4. The molecule has 0 aliphatic carbocycles. The van der Waals surface area contributed by atoms with Gasteiger partial charge in [-0.1, -0.05) is 26.0 Å². The molecule has 0 spiro atoms. The Balaban J connectivity index is 2.27. The first kappa shape index (κ1) is 15.1. The highest BCUT2D eigenvalue weighted by atomic mass is 32.2. The Kier molecular flexibility index (Phi) is 4.86. The summed E-state index contributed by atoms with van der Waals surface area (Å²) in [5.41, 5.74) is 1.09. The largest absolute Gasteiger partial charge is 0.296 e. The van der Waals surface area contributed by atoms with Crippen LogP contribution in [-0.4, -0.2) is 18.1 Å². The van der Waals surface area contributed by atoms with E-state index in [2.05, 4.69) is 43.4 Å². The topological polar surface area (TPSA) is 46.2 Å². The molecule has 1 heterocycles. The van der Waals surface area contributed by atoms with Gasteiger partial charge in [-0.2, -0.15) is 0 Å². The molecular weight excluding hydrogens is 270 g/mol. The Labute approximate surface area is 124 Å². The van der Waals surface area contributed by atoms with E-state index in [1.165, 1.54) is 4.90 Å². The summed E-state index contributed by atoms with van der Waals surface area (Å²) in [6.45, 7) is 4.22. The smallest absolute Gasteiger partial charge is 0.230 e. The van der Waals surface area contributed by atoms with Gasteiger partial charge in [0.05, 0.1) is 0 Å². The summed E-state index contributed by atoms with van der Waals surface area (Å²) in [6, 6.07) is 8.22. The second kappa shape index (κ2) is 6.44. The van der Waals surface area contributed by atoms with E-state index in [1.54, 1.807) is 11.8 Å². The minimum Gasteiger partial charge on any atom is -0.296 e. The Morgan fingerprint density at radius 1 is 1.25 bits per heavy atom. The molecule has 0 saturated carbocycles. The van der Waals surface area contributed by atoms with Crippen molar-refractivity contribution in [1.29, 1.82) is 0 Å². The first-order chi connectivity index (χ1) is 9.51. The van der Waals surface area contributed by atoms with Crippen LogP contribution in [0.2, 0.25) is 0 Å². The molecule has 1 aromatic carbocycles. The number of carbonyl (C=O) groups is 2. The van der Waals surface area contributed by atoms with E-state index >= 15 is 0 Å². The van der Waals surface area contributed by atoms with Crippen molar-refractivity contribution in [2.24, 2.45) is 11.8 Å². The first-order valence-electron chi connectivity index (χ1n) is 6.99. The predicted octanol–water partition coefficient (Wildman–Crippen LogP) is 3.20. The molecule has 1 aromatic rings. The fourth-order valence-corrected chi connectivity index (χ4v) is 3.19. The second-order valence-corrected chi connectivity index (χ2v) is 6.61. The minimum absolute atomic E-state index is 0.00885. The maximum absolute atomic E-state index is 12.1. The molecule has 0 aromatic heterocycles. The molecule has 1 aliphatic rings. The SMILES string of the molecule is CSc1ccc(C2CC(=O)NC(=O)C2CC(C)C)cc1. The Bertz CT molecular complexity index is 496. The summed E-state index contributed by atoms with van der Waals surface area (Å²) in [5.74, 6) is 0.0668. The Hall–Kier alpha value is -1.29. The van der Waals surface area contributed by atoms with Crippen molar-refractivity contribution in [3.8, 4) is 0 Å². The van der Waals surface area contributed by atoms with Crippen LogP contribution in [0.25, 0.3) is 0 Å². The molecule has 4 heteroatoms. The van der Waals surface area contributed by atoms with Gasteiger partial charge in [-0.15, -0.1) is 11.8 Å².